The molecule has 4 N–H and O–H groups in total. The molecule has 0 saturated carbocycles. The van der Waals surface area contributed by atoms with Gasteiger partial charge in [-0.05, 0) is 18.4 Å². The molecule has 0 aromatic heterocycles. The van der Waals surface area contributed by atoms with Crippen molar-refractivity contribution in [3.63, 3.8) is 0 Å². The molecule has 3 amide bonds. The van der Waals surface area contributed by atoms with Crippen molar-refractivity contribution >= 4 is 23.7 Å². The Labute approximate surface area is 104 Å². The fourth-order valence-electron chi connectivity index (χ4n) is 1.47. The number of carbonyl (C=O) groups excluding carboxylic acids is 2. The first-order chi connectivity index (χ1) is 8.04. The van der Waals surface area contributed by atoms with Crippen molar-refractivity contribution in [2.45, 2.75) is 18.6 Å². The summed E-state index contributed by atoms with van der Waals surface area (Å²) in [5.41, 5.74) is 5.01. The van der Waals surface area contributed by atoms with E-state index in [0.29, 0.717) is 12.2 Å². The Balaban J connectivity index is 2.55. The fourth-order valence-corrected chi connectivity index (χ4v) is 1.94. The summed E-state index contributed by atoms with van der Waals surface area (Å²) in [6.45, 7) is 0.215. The third kappa shape index (κ3) is 4.41. The topological polar surface area (TPSA) is 105 Å². The number of hydrogen-bond acceptors (Lipinski definition) is 5. The maximum atomic E-state index is 11.9. The maximum Gasteiger partial charge on any atom is 0.312 e. The summed E-state index contributed by atoms with van der Waals surface area (Å²) in [7, 11) is 0. The number of hydrogen-bond donors (Lipinski definition) is 3. The first-order valence-electron chi connectivity index (χ1n) is 5.22. The van der Waals surface area contributed by atoms with Gasteiger partial charge >= 0.3 is 6.03 Å². The van der Waals surface area contributed by atoms with Crippen molar-refractivity contribution in [2.75, 3.05) is 25.2 Å². The molecular weight excluding hydrogens is 246 g/mol. The second kappa shape index (κ2) is 6.67. The lowest BCUT2D eigenvalue weighted by molar-refractivity contribution is -0.170. The predicted octanol–water partition coefficient (Wildman–Crippen LogP) is -1.09. The van der Waals surface area contributed by atoms with E-state index in [1.807, 2.05) is 6.26 Å². The summed E-state index contributed by atoms with van der Waals surface area (Å²) in [5, 5.41) is 12.7. The van der Waals surface area contributed by atoms with Crippen molar-refractivity contribution < 1.29 is 19.5 Å². The fraction of sp³-hybridized carbons (Fsp3) is 0.778. The van der Waals surface area contributed by atoms with E-state index in [2.05, 4.69) is 5.32 Å². The van der Waals surface area contributed by atoms with E-state index in [-0.39, 0.29) is 19.1 Å². The number of urea groups is 1. The minimum Gasteiger partial charge on any atom is -0.389 e. The number of hydroxylamine groups is 2. The van der Waals surface area contributed by atoms with E-state index in [4.69, 9.17) is 10.6 Å². The number of carbonyl (C=O) groups is 2. The minimum atomic E-state index is -0.746. The molecule has 1 fully saturated rings. The van der Waals surface area contributed by atoms with Crippen LogP contribution in [0.15, 0.2) is 0 Å². The number of nitrogens with zero attached hydrogens (tertiary/aromatic N) is 1. The number of rotatable bonds is 5. The van der Waals surface area contributed by atoms with E-state index in [0.717, 1.165) is 5.06 Å². The van der Waals surface area contributed by atoms with E-state index in [1.54, 1.807) is 11.8 Å². The second-order valence-electron chi connectivity index (χ2n) is 3.69. The first kappa shape index (κ1) is 14.1. The molecule has 1 aliphatic rings. The van der Waals surface area contributed by atoms with Crippen LogP contribution in [0.1, 0.15) is 6.42 Å². The van der Waals surface area contributed by atoms with Crippen molar-refractivity contribution in [1.29, 1.82) is 0 Å². The van der Waals surface area contributed by atoms with Crippen LogP contribution in [0.2, 0.25) is 0 Å². The highest BCUT2D eigenvalue weighted by molar-refractivity contribution is 7.98. The summed E-state index contributed by atoms with van der Waals surface area (Å²) < 4.78 is 0. The van der Waals surface area contributed by atoms with Crippen LogP contribution in [0.5, 0.6) is 0 Å². The molecule has 1 heterocycles. The van der Waals surface area contributed by atoms with Crippen molar-refractivity contribution in [3.8, 4) is 0 Å². The van der Waals surface area contributed by atoms with Gasteiger partial charge in [0.1, 0.15) is 18.8 Å². The van der Waals surface area contributed by atoms with Gasteiger partial charge in [-0.2, -0.15) is 11.8 Å². The van der Waals surface area contributed by atoms with Gasteiger partial charge in [0.15, 0.2) is 0 Å². The quantitative estimate of drug-likeness (QED) is 0.584. The highest BCUT2D eigenvalue weighted by atomic mass is 32.2. The number of β-amino-alcohol motifs (C(OH)–C–C–N with tert-alkyl or cyclic N) is 1. The normalized spacial score (nSPS) is 21.3. The van der Waals surface area contributed by atoms with Gasteiger partial charge in [-0.15, -0.1) is 0 Å². The molecule has 1 saturated heterocycles. The van der Waals surface area contributed by atoms with Gasteiger partial charge in [0.2, 0.25) is 0 Å². The summed E-state index contributed by atoms with van der Waals surface area (Å²) in [5.74, 6) is 0.335. The zero-order chi connectivity index (χ0) is 12.8. The van der Waals surface area contributed by atoms with Crippen LogP contribution in [-0.2, 0) is 9.63 Å². The number of nitrogens with one attached hydrogen (secondary N) is 1. The van der Waals surface area contributed by atoms with Gasteiger partial charge in [-0.25, -0.2) is 9.86 Å². The molecular formula is C9H17N3O4S. The van der Waals surface area contributed by atoms with E-state index >= 15 is 0 Å². The summed E-state index contributed by atoms with van der Waals surface area (Å²) in [6, 6.07) is -1.45. The van der Waals surface area contributed by atoms with Crippen molar-refractivity contribution in [1.82, 2.24) is 10.4 Å². The number of thioether (sulfide) groups is 1. The van der Waals surface area contributed by atoms with Crippen LogP contribution in [0.3, 0.4) is 0 Å². The molecule has 8 heteroatoms. The van der Waals surface area contributed by atoms with Crippen LogP contribution in [-0.4, -0.2) is 59.4 Å². The Morgan fingerprint density at radius 2 is 2.41 bits per heavy atom. The molecule has 2 atom stereocenters. The lowest BCUT2D eigenvalue weighted by Gasteiger charge is -2.21. The average molecular weight is 263 g/mol. The van der Waals surface area contributed by atoms with Crippen molar-refractivity contribution in [3.05, 3.63) is 0 Å². The van der Waals surface area contributed by atoms with Crippen LogP contribution in [0.25, 0.3) is 0 Å². The molecule has 1 rings (SSSR count). The zero-order valence-electron chi connectivity index (χ0n) is 9.59. The van der Waals surface area contributed by atoms with Crippen LogP contribution >= 0.6 is 11.8 Å². The van der Waals surface area contributed by atoms with Gasteiger partial charge in [0.05, 0.1) is 6.54 Å². The average Bonchev–Trinajstić information content (AvgIpc) is 2.69. The summed E-state index contributed by atoms with van der Waals surface area (Å²) in [4.78, 5) is 27.7. The Hall–Kier alpha value is -0.990. The first-order valence-corrected chi connectivity index (χ1v) is 6.61. The molecule has 2 unspecified atom stereocenters. The van der Waals surface area contributed by atoms with E-state index in [9.17, 15) is 14.7 Å². The molecule has 0 bridgehead atoms. The van der Waals surface area contributed by atoms with Crippen LogP contribution < -0.4 is 11.1 Å². The smallest absolute Gasteiger partial charge is 0.312 e. The number of aliphatic hydroxyl groups excluding tert-OH is 1. The van der Waals surface area contributed by atoms with Gasteiger partial charge in [-0.1, -0.05) is 0 Å². The maximum absolute atomic E-state index is 11.9. The molecule has 17 heavy (non-hydrogen) atoms. The number of aliphatic hydroxyl groups is 1. The Bertz CT molecular complexity index is 289. The Kier molecular flexibility index (Phi) is 5.52. The van der Waals surface area contributed by atoms with Gasteiger partial charge < -0.3 is 16.2 Å². The SMILES string of the molecule is CSCCC(NC(N)=O)C(=O)N1CC(O)CO1. The van der Waals surface area contributed by atoms with Crippen LogP contribution in [0.4, 0.5) is 4.79 Å². The standard InChI is InChI=1S/C9H17N3O4S/c1-17-3-2-7(11-9(10)15)8(14)12-4-6(13)5-16-12/h6-7,13H,2-5H2,1H3,(H3,10,11,15). The van der Waals surface area contributed by atoms with Gasteiger partial charge in [0, 0.05) is 0 Å². The lowest BCUT2D eigenvalue weighted by Crippen LogP contribution is -2.49. The highest BCUT2D eigenvalue weighted by Crippen LogP contribution is 2.10. The van der Waals surface area contributed by atoms with E-state index < -0.39 is 18.2 Å². The third-order valence-electron chi connectivity index (χ3n) is 2.27. The van der Waals surface area contributed by atoms with Gasteiger partial charge in [-0.3, -0.25) is 9.63 Å². The second-order valence-corrected chi connectivity index (χ2v) is 4.68. The van der Waals surface area contributed by atoms with E-state index in [1.165, 1.54) is 0 Å². The Morgan fingerprint density at radius 3 is 2.88 bits per heavy atom. The van der Waals surface area contributed by atoms with Crippen LogP contribution in [0, 0.1) is 0 Å². The summed E-state index contributed by atoms with van der Waals surface area (Å²) >= 11 is 1.56. The highest BCUT2D eigenvalue weighted by Gasteiger charge is 2.31. The minimum absolute atomic E-state index is 0.0948. The molecule has 0 radical (unpaired) electrons. The molecule has 0 aliphatic carbocycles. The predicted molar refractivity (Wildman–Crippen MR) is 63.2 cm³/mol. The van der Waals surface area contributed by atoms with Crippen molar-refractivity contribution in [2.24, 2.45) is 5.73 Å². The summed E-state index contributed by atoms with van der Waals surface area (Å²) in [6.07, 6.45) is 1.70. The Morgan fingerprint density at radius 1 is 1.71 bits per heavy atom. The third-order valence-corrected chi connectivity index (χ3v) is 2.91. The van der Waals surface area contributed by atoms with Gasteiger partial charge in [0.25, 0.3) is 5.91 Å². The molecule has 98 valence electrons. The lowest BCUT2D eigenvalue weighted by atomic mass is 10.2. The number of primary amides is 1. The molecule has 1 aliphatic heterocycles. The largest absolute Gasteiger partial charge is 0.389 e. The number of nitrogens with two attached hydrogens (primary N) is 1. The zero-order valence-corrected chi connectivity index (χ0v) is 10.4. The molecule has 0 aromatic rings. The molecule has 0 spiro atoms. The monoisotopic (exact) mass is 263 g/mol. The number of amides is 3. The molecule has 7 nitrogen and oxygen atoms in total. The molecule has 0 aromatic carbocycles.